The van der Waals surface area contributed by atoms with Crippen LogP contribution in [0.25, 0.3) is 0 Å². The van der Waals surface area contributed by atoms with Crippen LogP contribution >= 0.6 is 0 Å². The van der Waals surface area contributed by atoms with Gasteiger partial charge in [-0.15, -0.1) is 6.58 Å². The van der Waals surface area contributed by atoms with Crippen LogP contribution in [0.1, 0.15) is 6.92 Å². The van der Waals surface area contributed by atoms with E-state index in [1.807, 2.05) is 6.92 Å². The first-order valence-corrected chi connectivity index (χ1v) is 4.19. The highest BCUT2D eigenvalue weighted by Crippen LogP contribution is 2.15. The van der Waals surface area contributed by atoms with Gasteiger partial charge in [-0.3, -0.25) is 4.79 Å². The Kier molecular flexibility index (Phi) is 3.28. The van der Waals surface area contributed by atoms with Gasteiger partial charge in [-0.2, -0.15) is 0 Å². The van der Waals surface area contributed by atoms with Crippen molar-refractivity contribution in [2.45, 2.75) is 13.0 Å². The normalized spacial score (nSPS) is 11.9. The van der Waals surface area contributed by atoms with E-state index in [4.69, 9.17) is 4.74 Å². The summed E-state index contributed by atoms with van der Waals surface area (Å²) in [6, 6.07) is 0.0261. The van der Waals surface area contributed by atoms with Gasteiger partial charge in [-0.25, -0.2) is 4.98 Å². The minimum atomic E-state index is -0.304. The number of anilines is 1. The highest BCUT2D eigenvalue weighted by Gasteiger charge is 2.09. The summed E-state index contributed by atoms with van der Waals surface area (Å²) in [5, 5.41) is 2.98. The summed E-state index contributed by atoms with van der Waals surface area (Å²) in [6.45, 7) is 5.52. The molecule has 0 aliphatic carbocycles. The Morgan fingerprint density at radius 2 is 2.50 bits per heavy atom. The van der Waals surface area contributed by atoms with Gasteiger partial charge in [0.05, 0.1) is 13.4 Å². The molecule has 1 rings (SSSR count). The first-order valence-electron chi connectivity index (χ1n) is 4.19. The molecule has 5 heteroatoms. The zero-order chi connectivity index (χ0) is 10.6. The van der Waals surface area contributed by atoms with Gasteiger partial charge in [0.1, 0.15) is 0 Å². The molecule has 1 unspecified atom stereocenters. The molecule has 76 valence electrons. The largest absolute Gasteiger partial charge is 0.489 e. The van der Waals surface area contributed by atoms with Gasteiger partial charge in [0.2, 0.25) is 5.75 Å². The minimum Gasteiger partial charge on any atom is -0.489 e. The number of hydrogen-bond acceptors (Lipinski definition) is 4. The van der Waals surface area contributed by atoms with Gasteiger partial charge in [-0.05, 0) is 6.92 Å². The SMILES string of the molecule is C=CC(C)Nc1nc[nH]c(=O)c1OC. The fourth-order valence-corrected chi connectivity index (χ4v) is 0.954. The van der Waals surface area contributed by atoms with Crippen molar-refractivity contribution in [3.63, 3.8) is 0 Å². The number of H-pyrrole nitrogens is 1. The molecule has 1 aromatic heterocycles. The van der Waals surface area contributed by atoms with Gasteiger partial charge in [-0.1, -0.05) is 6.08 Å². The molecule has 0 fully saturated rings. The van der Waals surface area contributed by atoms with Gasteiger partial charge < -0.3 is 15.0 Å². The van der Waals surface area contributed by atoms with Crippen LogP contribution in [0.15, 0.2) is 23.8 Å². The molecule has 0 saturated carbocycles. The second-order valence-corrected chi connectivity index (χ2v) is 2.78. The number of methoxy groups -OCH3 is 1. The Morgan fingerprint density at radius 1 is 1.79 bits per heavy atom. The third kappa shape index (κ3) is 2.12. The molecule has 1 heterocycles. The number of aromatic amines is 1. The molecule has 2 N–H and O–H groups in total. The molecule has 5 nitrogen and oxygen atoms in total. The molecule has 0 radical (unpaired) electrons. The fourth-order valence-electron chi connectivity index (χ4n) is 0.954. The average Bonchev–Trinajstić information content (AvgIpc) is 2.18. The van der Waals surface area contributed by atoms with E-state index in [2.05, 4.69) is 21.9 Å². The molecule has 0 aliphatic heterocycles. The first-order chi connectivity index (χ1) is 6.69. The van der Waals surface area contributed by atoms with Crippen molar-refractivity contribution >= 4 is 5.82 Å². The smallest absolute Gasteiger partial charge is 0.295 e. The van der Waals surface area contributed by atoms with E-state index in [0.717, 1.165) is 0 Å². The lowest BCUT2D eigenvalue weighted by Gasteiger charge is -2.11. The maximum absolute atomic E-state index is 11.3. The minimum absolute atomic E-state index is 0.0261. The standard InChI is InChI=1S/C9H13N3O2/c1-4-6(2)12-8-7(14-3)9(13)11-5-10-8/h4-6H,1H2,2-3H3,(H2,10,11,12,13). The Hall–Kier alpha value is -1.78. The third-order valence-corrected chi connectivity index (χ3v) is 1.73. The van der Waals surface area contributed by atoms with Crippen LogP contribution in [0.4, 0.5) is 5.82 Å². The number of nitrogens with zero attached hydrogens (tertiary/aromatic N) is 1. The monoisotopic (exact) mass is 195 g/mol. The Labute approximate surface area is 81.8 Å². The zero-order valence-corrected chi connectivity index (χ0v) is 8.20. The van der Waals surface area contributed by atoms with E-state index in [1.165, 1.54) is 13.4 Å². The van der Waals surface area contributed by atoms with Gasteiger partial charge in [0, 0.05) is 6.04 Å². The maximum atomic E-state index is 11.3. The summed E-state index contributed by atoms with van der Waals surface area (Å²) < 4.78 is 4.92. The van der Waals surface area contributed by atoms with Crippen LogP contribution in [-0.4, -0.2) is 23.1 Å². The molecule has 14 heavy (non-hydrogen) atoms. The molecule has 0 spiro atoms. The number of ether oxygens (including phenoxy) is 1. The Bertz CT molecular complexity index is 373. The number of aromatic nitrogens is 2. The van der Waals surface area contributed by atoms with E-state index in [9.17, 15) is 4.79 Å². The van der Waals surface area contributed by atoms with Crippen molar-refractivity contribution in [1.82, 2.24) is 9.97 Å². The predicted octanol–water partition coefficient (Wildman–Crippen LogP) is 0.765. The maximum Gasteiger partial charge on any atom is 0.295 e. The van der Waals surface area contributed by atoms with Crippen molar-refractivity contribution in [3.05, 3.63) is 29.3 Å². The fraction of sp³-hybridized carbons (Fsp3) is 0.333. The molecule has 0 aliphatic rings. The molecule has 1 aromatic rings. The molecule has 0 saturated heterocycles. The van der Waals surface area contributed by atoms with Crippen LogP contribution < -0.4 is 15.6 Å². The van der Waals surface area contributed by atoms with Crippen molar-refractivity contribution in [3.8, 4) is 5.75 Å². The van der Waals surface area contributed by atoms with Crippen LogP contribution in [0, 0.1) is 0 Å². The summed E-state index contributed by atoms with van der Waals surface area (Å²) in [5.41, 5.74) is -0.304. The van der Waals surface area contributed by atoms with E-state index in [1.54, 1.807) is 6.08 Å². The number of hydrogen-bond donors (Lipinski definition) is 2. The lowest BCUT2D eigenvalue weighted by Crippen LogP contribution is -2.18. The second-order valence-electron chi connectivity index (χ2n) is 2.78. The lowest BCUT2D eigenvalue weighted by molar-refractivity contribution is 0.408. The van der Waals surface area contributed by atoms with Crippen LogP contribution in [-0.2, 0) is 0 Å². The number of rotatable bonds is 4. The van der Waals surface area contributed by atoms with Crippen molar-refractivity contribution < 1.29 is 4.74 Å². The van der Waals surface area contributed by atoms with Gasteiger partial charge in [0.15, 0.2) is 5.82 Å². The van der Waals surface area contributed by atoms with E-state index < -0.39 is 0 Å². The summed E-state index contributed by atoms with van der Waals surface area (Å²) in [7, 11) is 1.43. The van der Waals surface area contributed by atoms with Crippen LogP contribution in [0.2, 0.25) is 0 Å². The van der Waals surface area contributed by atoms with E-state index in [-0.39, 0.29) is 17.4 Å². The van der Waals surface area contributed by atoms with Crippen molar-refractivity contribution in [1.29, 1.82) is 0 Å². The second kappa shape index (κ2) is 4.45. The molecule has 1 atom stereocenters. The quantitative estimate of drug-likeness (QED) is 0.696. The molecule has 0 aromatic carbocycles. The molecular formula is C9H13N3O2. The average molecular weight is 195 g/mol. The molecular weight excluding hydrogens is 182 g/mol. The topological polar surface area (TPSA) is 67.0 Å². The Balaban J connectivity index is 3.02. The summed E-state index contributed by atoms with van der Waals surface area (Å²) >= 11 is 0. The third-order valence-electron chi connectivity index (χ3n) is 1.73. The van der Waals surface area contributed by atoms with Crippen molar-refractivity contribution in [2.24, 2.45) is 0 Å². The highest BCUT2D eigenvalue weighted by molar-refractivity contribution is 5.48. The van der Waals surface area contributed by atoms with E-state index >= 15 is 0 Å². The van der Waals surface area contributed by atoms with Crippen LogP contribution in [0.3, 0.4) is 0 Å². The summed E-state index contributed by atoms with van der Waals surface area (Å²) in [6.07, 6.45) is 3.03. The summed E-state index contributed by atoms with van der Waals surface area (Å²) in [4.78, 5) is 17.6. The molecule has 0 amide bonds. The molecule has 0 bridgehead atoms. The number of nitrogens with one attached hydrogen (secondary N) is 2. The van der Waals surface area contributed by atoms with Gasteiger partial charge >= 0.3 is 0 Å². The van der Waals surface area contributed by atoms with Crippen molar-refractivity contribution in [2.75, 3.05) is 12.4 Å². The lowest BCUT2D eigenvalue weighted by atomic mass is 10.3. The highest BCUT2D eigenvalue weighted by atomic mass is 16.5. The summed E-state index contributed by atoms with van der Waals surface area (Å²) in [5.74, 6) is 0.602. The zero-order valence-electron chi connectivity index (χ0n) is 8.20. The van der Waals surface area contributed by atoms with Crippen LogP contribution in [0.5, 0.6) is 5.75 Å². The van der Waals surface area contributed by atoms with E-state index in [0.29, 0.717) is 5.82 Å². The predicted molar refractivity (Wildman–Crippen MR) is 54.7 cm³/mol. The Morgan fingerprint density at radius 3 is 3.07 bits per heavy atom. The first kappa shape index (κ1) is 10.3. The van der Waals surface area contributed by atoms with Gasteiger partial charge in [0.25, 0.3) is 5.56 Å².